The zero-order chi connectivity index (χ0) is 21.3. The Bertz CT molecular complexity index is 863. The van der Waals surface area contributed by atoms with Gasteiger partial charge in [-0.1, -0.05) is 35.3 Å². The average molecular weight is 449 g/mol. The molecule has 1 fully saturated rings. The van der Waals surface area contributed by atoms with Crippen LogP contribution in [-0.4, -0.2) is 48.2 Å². The first kappa shape index (κ1) is 22.5. The molecule has 30 heavy (non-hydrogen) atoms. The summed E-state index contributed by atoms with van der Waals surface area (Å²) in [6.45, 7) is 3.50. The molecule has 0 aromatic heterocycles. The maximum atomic E-state index is 12.1. The van der Waals surface area contributed by atoms with Crippen molar-refractivity contribution in [2.45, 2.75) is 25.3 Å². The molecule has 0 spiro atoms. The van der Waals surface area contributed by atoms with Gasteiger partial charge in [0.2, 0.25) is 5.91 Å². The molecule has 0 unspecified atom stereocenters. The van der Waals surface area contributed by atoms with E-state index in [1.165, 1.54) is 0 Å². The van der Waals surface area contributed by atoms with Gasteiger partial charge in [-0.3, -0.25) is 4.79 Å². The molecule has 2 aromatic rings. The number of carbonyl (C=O) groups is 1. The number of ether oxygens (including phenoxy) is 1. The van der Waals surface area contributed by atoms with Gasteiger partial charge in [0.25, 0.3) is 0 Å². The molecule has 5 nitrogen and oxygen atoms in total. The first-order chi connectivity index (χ1) is 14.5. The predicted octanol–water partition coefficient (Wildman–Crippen LogP) is 4.76. The molecule has 1 aliphatic rings. The maximum absolute atomic E-state index is 12.1. The van der Waals surface area contributed by atoms with Gasteiger partial charge >= 0.3 is 0 Å². The van der Waals surface area contributed by atoms with E-state index in [9.17, 15) is 9.90 Å². The topological polar surface area (TPSA) is 61.8 Å². The van der Waals surface area contributed by atoms with Gasteiger partial charge in [0, 0.05) is 37.8 Å². The highest BCUT2D eigenvalue weighted by Gasteiger charge is 2.19. The van der Waals surface area contributed by atoms with Crippen LogP contribution in [0.1, 0.15) is 24.8 Å². The van der Waals surface area contributed by atoms with Crippen LogP contribution in [0.5, 0.6) is 11.5 Å². The quantitative estimate of drug-likeness (QED) is 0.451. The van der Waals surface area contributed by atoms with E-state index in [0.29, 0.717) is 16.7 Å². The van der Waals surface area contributed by atoms with Crippen molar-refractivity contribution in [3.8, 4) is 11.5 Å². The van der Waals surface area contributed by atoms with Gasteiger partial charge in [0.15, 0.2) is 0 Å². The molecule has 0 aliphatic carbocycles. The molecule has 2 N–H and O–H groups in total. The summed E-state index contributed by atoms with van der Waals surface area (Å²) in [5.41, 5.74) is 0.876. The van der Waals surface area contributed by atoms with Crippen LogP contribution in [0, 0.1) is 0 Å². The first-order valence-electron chi connectivity index (χ1n) is 10.1. The molecule has 0 saturated carbocycles. The molecule has 1 aliphatic heterocycles. The number of aromatic hydroxyl groups is 1. The summed E-state index contributed by atoms with van der Waals surface area (Å²) >= 11 is 11.9. The third kappa shape index (κ3) is 7.24. The van der Waals surface area contributed by atoms with Crippen LogP contribution in [0.3, 0.4) is 0 Å². The highest BCUT2D eigenvalue weighted by atomic mass is 35.5. The van der Waals surface area contributed by atoms with Crippen molar-refractivity contribution < 1.29 is 14.6 Å². The van der Waals surface area contributed by atoms with Crippen molar-refractivity contribution in [1.29, 1.82) is 0 Å². The van der Waals surface area contributed by atoms with Gasteiger partial charge in [-0.05, 0) is 55.2 Å². The number of likely N-dealkylation sites (tertiary alicyclic amines) is 1. The van der Waals surface area contributed by atoms with Crippen LogP contribution in [0.2, 0.25) is 10.0 Å². The number of halogens is 2. The predicted molar refractivity (Wildman–Crippen MR) is 121 cm³/mol. The van der Waals surface area contributed by atoms with E-state index < -0.39 is 0 Å². The Morgan fingerprint density at radius 2 is 1.87 bits per heavy atom. The number of phenols is 1. The van der Waals surface area contributed by atoms with E-state index in [-0.39, 0.29) is 17.7 Å². The van der Waals surface area contributed by atoms with Crippen molar-refractivity contribution in [1.82, 2.24) is 10.2 Å². The van der Waals surface area contributed by atoms with Crippen LogP contribution < -0.4 is 10.1 Å². The lowest BCUT2D eigenvalue weighted by Gasteiger charge is -2.32. The molecule has 0 radical (unpaired) electrons. The van der Waals surface area contributed by atoms with E-state index in [4.69, 9.17) is 27.9 Å². The summed E-state index contributed by atoms with van der Waals surface area (Å²) in [4.78, 5) is 14.5. The fourth-order valence-corrected chi connectivity index (χ4v) is 3.64. The Labute approximate surface area is 187 Å². The molecule has 0 bridgehead atoms. The number of phenolic OH excluding ortho intramolecular Hbond substituents is 1. The number of nitrogens with one attached hydrogen (secondary N) is 1. The molecule has 2 aromatic carbocycles. The normalized spacial score (nSPS) is 15.4. The summed E-state index contributed by atoms with van der Waals surface area (Å²) in [5, 5.41) is 13.4. The smallest absolute Gasteiger partial charge is 0.244 e. The summed E-state index contributed by atoms with van der Waals surface area (Å²) in [6.07, 6.45) is 6.09. The molecule has 0 atom stereocenters. The number of rotatable bonds is 8. The Morgan fingerprint density at radius 3 is 2.57 bits per heavy atom. The van der Waals surface area contributed by atoms with Gasteiger partial charge in [-0.2, -0.15) is 0 Å². The van der Waals surface area contributed by atoms with Crippen LogP contribution in [0.4, 0.5) is 0 Å². The molecular weight excluding hydrogens is 423 g/mol. The highest BCUT2D eigenvalue weighted by molar-refractivity contribution is 6.42. The van der Waals surface area contributed by atoms with Crippen LogP contribution in [0.25, 0.3) is 6.08 Å². The van der Waals surface area contributed by atoms with E-state index in [0.717, 1.165) is 50.2 Å². The second-order valence-corrected chi connectivity index (χ2v) is 8.14. The lowest BCUT2D eigenvalue weighted by Crippen LogP contribution is -2.44. The number of amides is 1. The number of hydrogen-bond donors (Lipinski definition) is 2. The Balaban J connectivity index is 1.31. The zero-order valence-corrected chi connectivity index (χ0v) is 18.2. The van der Waals surface area contributed by atoms with E-state index in [1.807, 2.05) is 6.07 Å². The Hall–Kier alpha value is -2.21. The first-order valence-corrected chi connectivity index (χ1v) is 10.8. The SMILES string of the molecule is O=C(/C=C/c1ccc(O)cc1)NC1CCN(CCCOc2ccc(Cl)c(Cl)c2)CC1. The third-order valence-corrected chi connectivity index (χ3v) is 5.77. The van der Waals surface area contributed by atoms with Gasteiger partial charge in [-0.25, -0.2) is 0 Å². The summed E-state index contributed by atoms with van der Waals surface area (Å²) in [7, 11) is 0. The molecule has 1 saturated heterocycles. The Kier molecular flexibility index (Phi) is 8.43. The standard InChI is InChI=1S/C23H26Cl2N2O3/c24-21-8-7-20(16-22(21)25)30-15-1-12-27-13-10-18(11-14-27)26-23(29)9-4-17-2-5-19(28)6-3-17/h2-9,16,18,28H,1,10-15H2,(H,26,29)/b9-4+. The molecular formula is C23H26Cl2N2O3. The van der Waals surface area contributed by atoms with E-state index in [1.54, 1.807) is 48.6 Å². The lowest BCUT2D eigenvalue weighted by atomic mass is 10.0. The molecule has 160 valence electrons. The fourth-order valence-electron chi connectivity index (χ4n) is 3.35. The Morgan fingerprint density at radius 1 is 1.13 bits per heavy atom. The monoisotopic (exact) mass is 448 g/mol. The van der Waals surface area contributed by atoms with Crippen molar-refractivity contribution >= 4 is 35.2 Å². The zero-order valence-electron chi connectivity index (χ0n) is 16.7. The second-order valence-electron chi connectivity index (χ2n) is 7.33. The largest absolute Gasteiger partial charge is 0.508 e. The van der Waals surface area contributed by atoms with Gasteiger partial charge in [0.1, 0.15) is 11.5 Å². The minimum Gasteiger partial charge on any atom is -0.508 e. The van der Waals surface area contributed by atoms with Crippen LogP contribution in [-0.2, 0) is 4.79 Å². The number of hydrogen-bond acceptors (Lipinski definition) is 4. The number of nitrogens with zero attached hydrogens (tertiary/aromatic N) is 1. The summed E-state index contributed by atoms with van der Waals surface area (Å²) < 4.78 is 5.73. The number of benzene rings is 2. The lowest BCUT2D eigenvalue weighted by molar-refractivity contribution is -0.117. The molecule has 7 heteroatoms. The van der Waals surface area contributed by atoms with Gasteiger partial charge < -0.3 is 20.1 Å². The van der Waals surface area contributed by atoms with Gasteiger partial charge in [-0.15, -0.1) is 0 Å². The van der Waals surface area contributed by atoms with E-state index in [2.05, 4.69) is 10.2 Å². The minimum atomic E-state index is -0.0865. The fraction of sp³-hybridized carbons (Fsp3) is 0.348. The van der Waals surface area contributed by atoms with Crippen molar-refractivity contribution in [3.63, 3.8) is 0 Å². The number of carbonyl (C=O) groups excluding carboxylic acids is 1. The van der Waals surface area contributed by atoms with Crippen molar-refractivity contribution in [2.75, 3.05) is 26.2 Å². The van der Waals surface area contributed by atoms with Crippen LogP contribution >= 0.6 is 23.2 Å². The van der Waals surface area contributed by atoms with Crippen molar-refractivity contribution in [2.24, 2.45) is 0 Å². The molecule has 3 rings (SSSR count). The van der Waals surface area contributed by atoms with Crippen molar-refractivity contribution in [3.05, 3.63) is 64.1 Å². The third-order valence-electron chi connectivity index (χ3n) is 5.03. The summed E-state index contributed by atoms with van der Waals surface area (Å²) in [5.74, 6) is 0.854. The number of piperidine rings is 1. The minimum absolute atomic E-state index is 0.0865. The molecule has 1 heterocycles. The van der Waals surface area contributed by atoms with E-state index >= 15 is 0 Å². The van der Waals surface area contributed by atoms with Crippen LogP contribution in [0.15, 0.2) is 48.5 Å². The second kappa shape index (κ2) is 11.3. The highest BCUT2D eigenvalue weighted by Crippen LogP contribution is 2.26. The molecule has 1 amide bonds. The average Bonchev–Trinajstić information content (AvgIpc) is 2.74. The maximum Gasteiger partial charge on any atom is 0.244 e. The summed E-state index contributed by atoms with van der Waals surface area (Å²) in [6, 6.07) is 12.2. The van der Waals surface area contributed by atoms with Gasteiger partial charge in [0.05, 0.1) is 16.7 Å².